The number of halogens is 2. The summed E-state index contributed by atoms with van der Waals surface area (Å²) in [4.78, 5) is 0. The van der Waals surface area contributed by atoms with Crippen molar-refractivity contribution in [1.29, 1.82) is 5.26 Å². The fourth-order valence-corrected chi connectivity index (χ4v) is 1.32. The molecule has 70 valence electrons. The zero-order valence-corrected chi connectivity index (χ0v) is 9.69. The van der Waals surface area contributed by atoms with Gasteiger partial charge >= 0.3 is 0 Å². The van der Waals surface area contributed by atoms with Crippen molar-refractivity contribution >= 4 is 27.5 Å². The molecule has 0 amide bonds. The first kappa shape index (κ1) is 11.1. The Balaban J connectivity index is 2.92. The van der Waals surface area contributed by atoms with Gasteiger partial charge in [0.2, 0.25) is 0 Å². The maximum atomic E-state index is 8.62. The van der Waals surface area contributed by atoms with Gasteiger partial charge in [-0.05, 0) is 18.2 Å². The highest BCUT2D eigenvalue weighted by molar-refractivity contribution is 9.09. The van der Waals surface area contributed by atoms with Crippen molar-refractivity contribution in [3.63, 3.8) is 0 Å². The van der Waals surface area contributed by atoms with Crippen LogP contribution in [0.3, 0.4) is 0 Å². The lowest BCUT2D eigenvalue weighted by Crippen LogP contribution is -1.80. The zero-order chi connectivity index (χ0) is 10.4. The Morgan fingerprint density at radius 1 is 1.43 bits per heavy atom. The predicted octanol–water partition coefficient (Wildman–Crippen LogP) is 3.35. The van der Waals surface area contributed by atoms with Gasteiger partial charge in [0.05, 0.1) is 16.7 Å². The third-order valence-corrected chi connectivity index (χ3v) is 2.25. The summed E-state index contributed by atoms with van der Waals surface area (Å²) in [6.45, 7) is 0. The molecule has 0 aliphatic heterocycles. The molecule has 0 aliphatic carbocycles. The molecule has 0 fully saturated rings. The third-order valence-electron chi connectivity index (χ3n) is 1.54. The molecular weight excluding hydrogens is 261 g/mol. The first-order valence-electron chi connectivity index (χ1n) is 4.02. The van der Waals surface area contributed by atoms with E-state index < -0.39 is 0 Å². The number of nitriles is 1. The molecule has 0 aromatic heterocycles. The molecule has 0 saturated heterocycles. The number of hydrogen-bond acceptors (Lipinski definition) is 1. The first-order valence-corrected chi connectivity index (χ1v) is 5.52. The van der Waals surface area contributed by atoms with E-state index in [1.807, 2.05) is 6.07 Å². The smallest absolute Gasteiger partial charge is 0.0992 e. The van der Waals surface area contributed by atoms with E-state index in [1.54, 1.807) is 18.2 Å². The van der Waals surface area contributed by atoms with Crippen molar-refractivity contribution in [1.82, 2.24) is 0 Å². The highest BCUT2D eigenvalue weighted by Crippen LogP contribution is 2.16. The second-order valence-electron chi connectivity index (χ2n) is 2.55. The van der Waals surface area contributed by atoms with Crippen LogP contribution in [0, 0.1) is 23.2 Å². The summed E-state index contributed by atoms with van der Waals surface area (Å²) in [6.07, 6.45) is 0.788. The number of alkyl halides is 1. The second-order valence-corrected chi connectivity index (χ2v) is 3.75. The molecule has 0 aliphatic rings. The van der Waals surface area contributed by atoms with Crippen molar-refractivity contribution in [2.75, 3.05) is 5.33 Å². The standard InChI is InChI=1S/C11H7BrClN/c12-6-2-1-3-10-5-4-9(8-14)7-11(10)13/h4-5,7H,2,6H2. The van der Waals surface area contributed by atoms with Crippen LogP contribution < -0.4 is 0 Å². The first-order chi connectivity index (χ1) is 6.77. The molecule has 0 saturated carbocycles. The zero-order valence-electron chi connectivity index (χ0n) is 7.35. The normalized spacial score (nSPS) is 8.64. The molecule has 1 rings (SSSR count). The van der Waals surface area contributed by atoms with E-state index in [2.05, 4.69) is 27.8 Å². The monoisotopic (exact) mass is 267 g/mol. The summed E-state index contributed by atoms with van der Waals surface area (Å²) >= 11 is 9.21. The van der Waals surface area contributed by atoms with Gasteiger partial charge in [-0.1, -0.05) is 39.4 Å². The molecule has 14 heavy (non-hydrogen) atoms. The molecule has 0 unspecified atom stereocenters. The Labute approximate surface area is 96.8 Å². The summed E-state index contributed by atoms with van der Waals surface area (Å²) in [7, 11) is 0. The lowest BCUT2D eigenvalue weighted by atomic mass is 10.1. The van der Waals surface area contributed by atoms with Crippen molar-refractivity contribution in [2.45, 2.75) is 6.42 Å². The van der Waals surface area contributed by atoms with Gasteiger partial charge in [0.25, 0.3) is 0 Å². The van der Waals surface area contributed by atoms with Gasteiger partial charge in [0, 0.05) is 17.3 Å². The summed E-state index contributed by atoms with van der Waals surface area (Å²) in [5, 5.41) is 10.0. The molecule has 1 nitrogen and oxygen atoms in total. The Morgan fingerprint density at radius 2 is 2.21 bits per heavy atom. The molecule has 0 spiro atoms. The van der Waals surface area contributed by atoms with E-state index in [-0.39, 0.29) is 0 Å². The number of nitrogens with zero attached hydrogens (tertiary/aromatic N) is 1. The van der Waals surface area contributed by atoms with E-state index >= 15 is 0 Å². The van der Waals surface area contributed by atoms with Gasteiger partial charge in [-0.3, -0.25) is 0 Å². The summed E-state index contributed by atoms with van der Waals surface area (Å²) in [5.41, 5.74) is 1.33. The van der Waals surface area contributed by atoms with Crippen molar-refractivity contribution < 1.29 is 0 Å². The van der Waals surface area contributed by atoms with Gasteiger partial charge in [-0.15, -0.1) is 0 Å². The highest BCUT2D eigenvalue weighted by Gasteiger charge is 1.97. The third kappa shape index (κ3) is 3.07. The molecule has 0 heterocycles. The molecule has 1 aromatic carbocycles. The molecular formula is C11H7BrClN. The van der Waals surface area contributed by atoms with Gasteiger partial charge < -0.3 is 0 Å². The van der Waals surface area contributed by atoms with E-state index in [0.29, 0.717) is 10.6 Å². The second kappa shape index (κ2) is 5.70. The van der Waals surface area contributed by atoms with Gasteiger partial charge in [0.1, 0.15) is 0 Å². The summed E-state index contributed by atoms with van der Waals surface area (Å²) in [5.74, 6) is 5.91. The van der Waals surface area contributed by atoms with Crippen LogP contribution in [-0.4, -0.2) is 5.33 Å². The quantitative estimate of drug-likeness (QED) is 0.566. The van der Waals surface area contributed by atoms with Crippen LogP contribution in [0.1, 0.15) is 17.5 Å². The summed E-state index contributed by atoms with van der Waals surface area (Å²) < 4.78 is 0. The minimum atomic E-state index is 0.533. The highest BCUT2D eigenvalue weighted by atomic mass is 79.9. The Kier molecular flexibility index (Phi) is 4.53. The molecule has 0 radical (unpaired) electrons. The topological polar surface area (TPSA) is 23.8 Å². The molecule has 1 aromatic rings. The average Bonchev–Trinajstić information content (AvgIpc) is 2.20. The predicted molar refractivity (Wildman–Crippen MR) is 61.5 cm³/mol. The van der Waals surface area contributed by atoms with Crippen molar-refractivity contribution in [3.05, 3.63) is 34.3 Å². The van der Waals surface area contributed by atoms with E-state index in [0.717, 1.165) is 17.3 Å². The lowest BCUT2D eigenvalue weighted by Gasteiger charge is -1.95. The van der Waals surface area contributed by atoms with Crippen molar-refractivity contribution in [3.8, 4) is 17.9 Å². The molecule has 3 heteroatoms. The largest absolute Gasteiger partial charge is 0.192 e. The van der Waals surface area contributed by atoms with Gasteiger partial charge in [-0.2, -0.15) is 5.26 Å². The average molecular weight is 269 g/mol. The van der Waals surface area contributed by atoms with Gasteiger partial charge in [0.15, 0.2) is 0 Å². The van der Waals surface area contributed by atoms with Crippen molar-refractivity contribution in [2.24, 2.45) is 0 Å². The Bertz CT molecular complexity index is 423. The van der Waals surface area contributed by atoms with Gasteiger partial charge in [-0.25, -0.2) is 0 Å². The SMILES string of the molecule is N#Cc1ccc(C#CCCBr)c(Cl)c1. The summed E-state index contributed by atoms with van der Waals surface area (Å²) in [6, 6.07) is 7.13. The Morgan fingerprint density at radius 3 is 2.79 bits per heavy atom. The molecule has 0 N–H and O–H groups in total. The van der Waals surface area contributed by atoms with E-state index in [4.69, 9.17) is 16.9 Å². The van der Waals surface area contributed by atoms with Crippen LogP contribution in [0.15, 0.2) is 18.2 Å². The van der Waals surface area contributed by atoms with E-state index in [1.165, 1.54) is 0 Å². The lowest BCUT2D eigenvalue weighted by molar-refractivity contribution is 1.32. The van der Waals surface area contributed by atoms with Crippen LogP contribution in [0.4, 0.5) is 0 Å². The number of hydrogen-bond donors (Lipinski definition) is 0. The van der Waals surface area contributed by atoms with Crippen LogP contribution in [0.25, 0.3) is 0 Å². The molecule has 0 bridgehead atoms. The minimum absolute atomic E-state index is 0.533. The van der Waals surface area contributed by atoms with Crippen LogP contribution in [-0.2, 0) is 0 Å². The fourth-order valence-electron chi connectivity index (χ4n) is 0.891. The Hall–Kier alpha value is -0.960. The molecule has 0 atom stereocenters. The number of rotatable bonds is 1. The maximum Gasteiger partial charge on any atom is 0.0992 e. The van der Waals surface area contributed by atoms with E-state index in [9.17, 15) is 0 Å². The van der Waals surface area contributed by atoms with Crippen LogP contribution in [0.2, 0.25) is 5.02 Å². The van der Waals surface area contributed by atoms with Crippen LogP contribution in [0.5, 0.6) is 0 Å². The van der Waals surface area contributed by atoms with Crippen LogP contribution >= 0.6 is 27.5 Å². The maximum absolute atomic E-state index is 8.62. The minimum Gasteiger partial charge on any atom is -0.192 e. The number of benzene rings is 1. The fraction of sp³-hybridized carbons (Fsp3) is 0.182.